The number of nitro groups is 2. The third-order valence-corrected chi connectivity index (χ3v) is 3.42. The molecule has 0 aliphatic carbocycles. The summed E-state index contributed by atoms with van der Waals surface area (Å²) in [6.07, 6.45) is -0.0534. The average molecular weight is 448 g/mol. The van der Waals surface area contributed by atoms with Crippen molar-refractivity contribution in [1.29, 1.82) is 0 Å². The van der Waals surface area contributed by atoms with Gasteiger partial charge in [-0.15, -0.1) is 10.2 Å². The van der Waals surface area contributed by atoms with E-state index in [0.29, 0.717) is 0 Å². The van der Waals surface area contributed by atoms with Crippen LogP contribution < -0.4 is 10.9 Å². The number of H-pyrrole nitrogens is 2. The van der Waals surface area contributed by atoms with E-state index in [1.54, 1.807) is 0 Å². The standard InChI is InChI=1S/C10H8N16O6/c27-25(28)19-9-11-5(13-17-9)1-3-7(23-31-21-3)15-16-8-4(22-32-24-8)2-6-12-10(18-14-6)20-26(29)30/h1-2H2,(H2,11,13,17,19)(H2,12,14,18,20). The van der Waals surface area contributed by atoms with Gasteiger partial charge in [0.2, 0.25) is 11.6 Å². The number of aromatic amines is 2. The Kier molecular flexibility index (Phi) is 5.28. The number of aromatic nitrogens is 10. The highest BCUT2D eigenvalue weighted by Gasteiger charge is 2.17. The molecule has 0 radical (unpaired) electrons. The maximum atomic E-state index is 10.4. The van der Waals surface area contributed by atoms with Gasteiger partial charge < -0.3 is 0 Å². The highest BCUT2D eigenvalue weighted by molar-refractivity contribution is 5.36. The van der Waals surface area contributed by atoms with Gasteiger partial charge in [-0.25, -0.2) is 39.7 Å². The Hall–Kier alpha value is -5.44. The number of nitrogens with zero attached hydrogens (tertiary/aromatic N) is 12. The Morgan fingerprint density at radius 1 is 0.781 bits per heavy atom. The van der Waals surface area contributed by atoms with E-state index in [4.69, 9.17) is 0 Å². The van der Waals surface area contributed by atoms with Crippen LogP contribution in [0.5, 0.6) is 0 Å². The van der Waals surface area contributed by atoms with E-state index in [0.717, 1.165) is 0 Å². The van der Waals surface area contributed by atoms with Gasteiger partial charge in [0.1, 0.15) is 11.4 Å². The molecule has 0 saturated carbocycles. The van der Waals surface area contributed by atoms with Gasteiger partial charge in [-0.3, -0.25) is 0 Å². The molecule has 4 heterocycles. The number of rotatable bonds is 10. The monoisotopic (exact) mass is 448 g/mol. The van der Waals surface area contributed by atoms with E-state index in [1.165, 1.54) is 0 Å². The molecule has 22 nitrogen and oxygen atoms in total. The summed E-state index contributed by atoms with van der Waals surface area (Å²) < 4.78 is 9.26. The van der Waals surface area contributed by atoms with Gasteiger partial charge in [0.25, 0.3) is 11.9 Å². The van der Waals surface area contributed by atoms with Crippen LogP contribution in [-0.4, -0.2) is 61.1 Å². The van der Waals surface area contributed by atoms with Crippen LogP contribution >= 0.6 is 0 Å². The lowest BCUT2D eigenvalue weighted by Crippen LogP contribution is -2.09. The van der Waals surface area contributed by atoms with E-state index >= 15 is 0 Å². The maximum Gasteiger partial charge on any atom is 0.281 e. The molecule has 22 heteroatoms. The van der Waals surface area contributed by atoms with Crippen LogP contribution in [0.25, 0.3) is 0 Å². The summed E-state index contributed by atoms with van der Waals surface area (Å²) in [5.74, 6) is -0.133. The molecule has 0 amide bonds. The molecule has 0 bridgehead atoms. The smallest absolute Gasteiger partial charge is 0.242 e. The van der Waals surface area contributed by atoms with Crippen LogP contribution in [0.15, 0.2) is 19.5 Å². The second kappa shape index (κ2) is 8.51. The van der Waals surface area contributed by atoms with E-state index in [-0.39, 0.29) is 59.4 Å². The number of anilines is 2. The summed E-state index contributed by atoms with van der Waals surface area (Å²) in [4.78, 5) is 28.5. The van der Waals surface area contributed by atoms with Crippen LogP contribution in [0, 0.1) is 20.2 Å². The minimum Gasteiger partial charge on any atom is -0.242 e. The normalized spacial score (nSPS) is 11.1. The van der Waals surface area contributed by atoms with E-state index in [9.17, 15) is 20.2 Å². The van der Waals surface area contributed by atoms with Crippen molar-refractivity contribution in [3.05, 3.63) is 43.3 Å². The predicted molar refractivity (Wildman–Crippen MR) is 92.4 cm³/mol. The largest absolute Gasteiger partial charge is 0.281 e. The quantitative estimate of drug-likeness (QED) is 0.135. The lowest BCUT2D eigenvalue weighted by Gasteiger charge is -1.91. The Labute approximate surface area is 172 Å². The highest BCUT2D eigenvalue weighted by atomic mass is 16.7. The van der Waals surface area contributed by atoms with Gasteiger partial charge in [0.05, 0.1) is 12.8 Å². The Morgan fingerprint density at radius 3 is 1.62 bits per heavy atom. The fourth-order valence-electron chi connectivity index (χ4n) is 2.20. The number of nitrogens with one attached hydrogen (secondary N) is 4. The molecule has 4 N–H and O–H groups in total. The lowest BCUT2D eigenvalue weighted by molar-refractivity contribution is -0.446. The van der Waals surface area contributed by atoms with Crippen LogP contribution in [0.4, 0.5) is 23.5 Å². The van der Waals surface area contributed by atoms with Crippen molar-refractivity contribution < 1.29 is 19.3 Å². The number of hydrogen-bond acceptors (Lipinski definition) is 16. The molecule has 0 aromatic carbocycles. The van der Waals surface area contributed by atoms with Crippen molar-refractivity contribution in [1.82, 2.24) is 51.0 Å². The second-order valence-electron chi connectivity index (χ2n) is 5.56. The van der Waals surface area contributed by atoms with Crippen LogP contribution in [0.3, 0.4) is 0 Å². The summed E-state index contributed by atoms with van der Waals surface area (Å²) in [5, 5.41) is 53.7. The molecule has 0 saturated heterocycles. The van der Waals surface area contributed by atoms with Gasteiger partial charge in [-0.2, -0.15) is 20.2 Å². The fourth-order valence-corrected chi connectivity index (χ4v) is 2.20. The third kappa shape index (κ3) is 4.75. The second-order valence-corrected chi connectivity index (χ2v) is 5.56. The molecule has 0 spiro atoms. The first-order valence-corrected chi connectivity index (χ1v) is 8.15. The number of hydrazine groups is 2. The van der Waals surface area contributed by atoms with E-state index in [2.05, 4.69) is 70.5 Å². The molecule has 4 aromatic heterocycles. The van der Waals surface area contributed by atoms with E-state index < -0.39 is 10.1 Å². The topological polar surface area (TPSA) is 296 Å². The molecule has 0 aliphatic heterocycles. The van der Waals surface area contributed by atoms with Crippen LogP contribution in [0.2, 0.25) is 0 Å². The molecule has 164 valence electrons. The van der Waals surface area contributed by atoms with Crippen molar-refractivity contribution >= 4 is 23.5 Å². The summed E-state index contributed by atoms with van der Waals surface area (Å²) in [6, 6.07) is 0. The predicted octanol–water partition coefficient (Wildman–Crippen LogP) is -0.507. The van der Waals surface area contributed by atoms with Crippen LogP contribution in [-0.2, 0) is 12.8 Å². The third-order valence-electron chi connectivity index (χ3n) is 3.42. The molecule has 4 rings (SSSR count). The fraction of sp³-hybridized carbons (Fsp3) is 0.200. The van der Waals surface area contributed by atoms with E-state index in [1.807, 2.05) is 10.9 Å². The van der Waals surface area contributed by atoms with Crippen molar-refractivity contribution in [2.45, 2.75) is 12.8 Å². The van der Waals surface area contributed by atoms with Crippen molar-refractivity contribution in [3.63, 3.8) is 0 Å². The molecular formula is C10H8N16O6. The Bertz CT molecular complexity index is 1170. The summed E-state index contributed by atoms with van der Waals surface area (Å²) in [5.41, 5.74) is 4.00. The summed E-state index contributed by atoms with van der Waals surface area (Å²) in [6.45, 7) is 0. The minimum absolute atomic E-state index is 0.0267. The van der Waals surface area contributed by atoms with Gasteiger partial charge in [-0.1, -0.05) is 21.2 Å². The molecule has 0 atom stereocenters. The molecule has 0 fully saturated rings. The van der Waals surface area contributed by atoms with Crippen molar-refractivity contribution in [2.24, 2.45) is 10.2 Å². The number of hydrogen-bond donors (Lipinski definition) is 4. The average Bonchev–Trinajstić information content (AvgIpc) is 3.50. The zero-order valence-electron chi connectivity index (χ0n) is 15.2. The first kappa shape index (κ1) is 19.9. The molecule has 32 heavy (non-hydrogen) atoms. The van der Waals surface area contributed by atoms with Crippen molar-refractivity contribution in [2.75, 3.05) is 10.9 Å². The van der Waals surface area contributed by atoms with Crippen LogP contribution in [0.1, 0.15) is 23.0 Å². The first-order chi connectivity index (χ1) is 15.5. The number of azo groups is 1. The highest BCUT2D eigenvalue weighted by Crippen LogP contribution is 2.22. The molecule has 0 unspecified atom stereocenters. The molecule has 0 aliphatic rings. The van der Waals surface area contributed by atoms with Gasteiger partial charge in [0, 0.05) is 0 Å². The SMILES string of the molecule is O=[N+]([O-])Nc1nc(Cc2nonc2N=Nc2nonc2Cc2n[nH]c(N[N+](=O)[O-])n2)n[nH]1. The maximum absolute atomic E-state index is 10.4. The molecule has 4 aromatic rings. The van der Waals surface area contributed by atoms with Gasteiger partial charge in [-0.05, 0) is 10.3 Å². The summed E-state index contributed by atoms with van der Waals surface area (Å²) in [7, 11) is 0. The Balaban J connectivity index is 1.44. The van der Waals surface area contributed by atoms with Crippen molar-refractivity contribution in [3.8, 4) is 0 Å². The molecular weight excluding hydrogens is 440 g/mol. The lowest BCUT2D eigenvalue weighted by atomic mass is 10.3. The zero-order chi connectivity index (χ0) is 22.5. The van der Waals surface area contributed by atoms with Gasteiger partial charge >= 0.3 is 0 Å². The summed E-state index contributed by atoms with van der Waals surface area (Å²) >= 11 is 0. The van der Waals surface area contributed by atoms with Gasteiger partial charge in [0.15, 0.2) is 21.7 Å². The zero-order valence-corrected chi connectivity index (χ0v) is 15.2. The minimum atomic E-state index is -0.802. The first-order valence-electron chi connectivity index (χ1n) is 8.15. The Morgan fingerprint density at radius 2 is 1.22 bits per heavy atom.